The first kappa shape index (κ1) is 13.1. The Balaban J connectivity index is 2.05. The van der Waals surface area contributed by atoms with E-state index in [0.29, 0.717) is 16.7 Å². The molecule has 0 saturated carbocycles. The summed E-state index contributed by atoms with van der Waals surface area (Å²) in [5.74, 6) is 0.354. The number of pyridine rings is 1. The maximum absolute atomic E-state index is 11.5. The largest absolute Gasteiger partial charge is 0.497 e. The van der Waals surface area contributed by atoms with Gasteiger partial charge in [-0.05, 0) is 30.3 Å². The fourth-order valence-electron chi connectivity index (χ4n) is 2.06. The first-order valence-corrected chi connectivity index (χ1v) is 6.29. The molecule has 106 valence electrons. The van der Waals surface area contributed by atoms with Crippen molar-refractivity contribution in [2.45, 2.75) is 0 Å². The number of nitrogens with zero attached hydrogens (tertiary/aromatic N) is 3. The zero-order chi connectivity index (χ0) is 14.8. The number of methoxy groups -OCH3 is 2. The van der Waals surface area contributed by atoms with E-state index in [1.165, 1.54) is 13.3 Å². The Labute approximate surface area is 121 Å². The number of hydrogen-bond acceptors (Lipinski definition) is 5. The lowest BCUT2D eigenvalue weighted by molar-refractivity contribution is 0.0600. The standard InChI is InChI=1S/C15H13N3O3/c1-20-12-5-3-11(4-6-12)18-9-17-13-7-10(15(19)21-2)8-16-14(13)18/h3-9H,1-2H3. The van der Waals surface area contributed by atoms with Crippen molar-refractivity contribution >= 4 is 17.1 Å². The van der Waals surface area contributed by atoms with Gasteiger partial charge in [0.1, 0.15) is 17.6 Å². The summed E-state index contributed by atoms with van der Waals surface area (Å²) in [6.45, 7) is 0. The van der Waals surface area contributed by atoms with Crippen molar-refractivity contribution in [2.75, 3.05) is 14.2 Å². The minimum absolute atomic E-state index is 0.380. The molecule has 0 amide bonds. The molecule has 6 heteroatoms. The van der Waals surface area contributed by atoms with Crippen molar-refractivity contribution in [2.24, 2.45) is 0 Å². The SMILES string of the molecule is COC(=O)c1cnc2c(c1)ncn2-c1ccc(OC)cc1. The van der Waals surface area contributed by atoms with Crippen LogP contribution in [0.4, 0.5) is 0 Å². The van der Waals surface area contributed by atoms with Gasteiger partial charge >= 0.3 is 5.97 Å². The highest BCUT2D eigenvalue weighted by Gasteiger charge is 2.11. The second kappa shape index (κ2) is 5.24. The molecule has 0 saturated heterocycles. The molecule has 0 bridgehead atoms. The summed E-state index contributed by atoms with van der Waals surface area (Å²) in [5, 5.41) is 0. The molecule has 2 aromatic heterocycles. The molecule has 3 aromatic rings. The zero-order valence-electron chi connectivity index (χ0n) is 11.6. The van der Waals surface area contributed by atoms with Gasteiger partial charge in [0.2, 0.25) is 0 Å². The van der Waals surface area contributed by atoms with Crippen LogP contribution in [-0.4, -0.2) is 34.7 Å². The number of esters is 1. The number of aromatic nitrogens is 3. The summed E-state index contributed by atoms with van der Waals surface area (Å²) >= 11 is 0. The van der Waals surface area contributed by atoms with Crippen LogP contribution in [0.2, 0.25) is 0 Å². The van der Waals surface area contributed by atoms with Crippen LogP contribution in [0.5, 0.6) is 5.75 Å². The van der Waals surface area contributed by atoms with Gasteiger partial charge < -0.3 is 9.47 Å². The Hall–Kier alpha value is -2.89. The number of fused-ring (bicyclic) bond motifs is 1. The van der Waals surface area contributed by atoms with Crippen molar-refractivity contribution in [3.05, 3.63) is 48.4 Å². The lowest BCUT2D eigenvalue weighted by Crippen LogP contribution is -2.02. The molecule has 0 aliphatic rings. The van der Waals surface area contributed by atoms with Crippen LogP contribution < -0.4 is 4.74 Å². The summed E-state index contributed by atoms with van der Waals surface area (Å²) in [5.41, 5.74) is 2.60. The monoisotopic (exact) mass is 283 g/mol. The smallest absolute Gasteiger partial charge is 0.339 e. The summed E-state index contributed by atoms with van der Waals surface area (Å²) in [7, 11) is 2.96. The molecule has 1 aromatic carbocycles. The molecule has 2 heterocycles. The van der Waals surface area contributed by atoms with Gasteiger partial charge in [0.05, 0.1) is 19.8 Å². The average Bonchev–Trinajstić information content (AvgIpc) is 2.97. The predicted molar refractivity (Wildman–Crippen MR) is 76.8 cm³/mol. The van der Waals surface area contributed by atoms with Crippen molar-refractivity contribution in [3.63, 3.8) is 0 Å². The molecule has 0 radical (unpaired) electrons. The van der Waals surface area contributed by atoms with Crippen LogP contribution in [-0.2, 0) is 4.74 Å². The number of imidazole rings is 1. The Morgan fingerprint density at radius 1 is 1.14 bits per heavy atom. The Morgan fingerprint density at radius 2 is 1.90 bits per heavy atom. The average molecular weight is 283 g/mol. The van der Waals surface area contributed by atoms with Gasteiger partial charge in [0, 0.05) is 11.9 Å². The van der Waals surface area contributed by atoms with E-state index < -0.39 is 5.97 Å². The summed E-state index contributed by atoms with van der Waals surface area (Å²) in [6.07, 6.45) is 3.15. The van der Waals surface area contributed by atoms with Crippen LogP contribution in [0.3, 0.4) is 0 Å². The number of benzene rings is 1. The maximum Gasteiger partial charge on any atom is 0.339 e. The molecule has 0 N–H and O–H groups in total. The van der Waals surface area contributed by atoms with Crippen molar-refractivity contribution < 1.29 is 14.3 Å². The summed E-state index contributed by atoms with van der Waals surface area (Å²) < 4.78 is 11.7. The number of carbonyl (C=O) groups excluding carboxylic acids is 1. The number of carbonyl (C=O) groups is 1. The van der Waals surface area contributed by atoms with Gasteiger partial charge in [-0.15, -0.1) is 0 Å². The third-order valence-electron chi connectivity index (χ3n) is 3.16. The molecular formula is C15H13N3O3. The molecule has 0 atom stereocenters. The van der Waals surface area contributed by atoms with Crippen molar-refractivity contribution in [1.29, 1.82) is 0 Å². The highest BCUT2D eigenvalue weighted by molar-refractivity contribution is 5.92. The molecule has 6 nitrogen and oxygen atoms in total. The number of rotatable bonds is 3. The second-order valence-electron chi connectivity index (χ2n) is 4.37. The van der Waals surface area contributed by atoms with Crippen LogP contribution in [0.1, 0.15) is 10.4 Å². The quantitative estimate of drug-likeness (QED) is 0.689. The van der Waals surface area contributed by atoms with Crippen LogP contribution in [0.15, 0.2) is 42.9 Å². The summed E-state index contributed by atoms with van der Waals surface area (Å²) in [4.78, 5) is 20.1. The molecule has 0 aliphatic heterocycles. The van der Waals surface area contributed by atoms with E-state index >= 15 is 0 Å². The number of hydrogen-bond donors (Lipinski definition) is 0. The van der Waals surface area contributed by atoms with Crippen molar-refractivity contribution in [1.82, 2.24) is 14.5 Å². The first-order valence-electron chi connectivity index (χ1n) is 6.29. The van der Waals surface area contributed by atoms with Gasteiger partial charge in [-0.2, -0.15) is 0 Å². The van der Waals surface area contributed by atoms with E-state index in [-0.39, 0.29) is 0 Å². The Morgan fingerprint density at radius 3 is 2.57 bits per heavy atom. The fourth-order valence-corrected chi connectivity index (χ4v) is 2.06. The van der Waals surface area contributed by atoms with Gasteiger partial charge in [0.25, 0.3) is 0 Å². The highest BCUT2D eigenvalue weighted by atomic mass is 16.5. The molecule has 0 unspecified atom stereocenters. The zero-order valence-corrected chi connectivity index (χ0v) is 11.6. The molecule has 0 aliphatic carbocycles. The lowest BCUT2D eigenvalue weighted by atomic mass is 10.2. The Bertz CT molecular complexity index is 794. The number of ether oxygens (including phenoxy) is 2. The third kappa shape index (κ3) is 2.31. The van der Waals surface area contributed by atoms with E-state index in [9.17, 15) is 4.79 Å². The minimum Gasteiger partial charge on any atom is -0.497 e. The van der Waals surface area contributed by atoms with Crippen molar-refractivity contribution in [3.8, 4) is 11.4 Å². The van der Waals surface area contributed by atoms with Crippen LogP contribution in [0, 0.1) is 0 Å². The normalized spacial score (nSPS) is 10.6. The summed E-state index contributed by atoms with van der Waals surface area (Å²) in [6, 6.07) is 9.22. The predicted octanol–water partition coefficient (Wildman–Crippen LogP) is 2.22. The van der Waals surface area contributed by atoms with E-state index in [1.807, 2.05) is 28.8 Å². The van der Waals surface area contributed by atoms with E-state index in [2.05, 4.69) is 14.7 Å². The Kier molecular flexibility index (Phi) is 3.27. The molecule has 21 heavy (non-hydrogen) atoms. The first-order chi connectivity index (χ1) is 10.2. The van der Waals surface area contributed by atoms with Gasteiger partial charge in [0.15, 0.2) is 5.65 Å². The fraction of sp³-hybridized carbons (Fsp3) is 0.133. The highest BCUT2D eigenvalue weighted by Crippen LogP contribution is 2.20. The maximum atomic E-state index is 11.5. The molecule has 0 fully saturated rings. The van der Waals surface area contributed by atoms with E-state index in [1.54, 1.807) is 19.5 Å². The topological polar surface area (TPSA) is 66.2 Å². The molecular weight excluding hydrogens is 270 g/mol. The van der Waals surface area contributed by atoms with E-state index in [4.69, 9.17) is 4.74 Å². The third-order valence-corrected chi connectivity index (χ3v) is 3.16. The molecule has 0 spiro atoms. The van der Waals surface area contributed by atoms with Gasteiger partial charge in [-0.1, -0.05) is 0 Å². The van der Waals surface area contributed by atoms with Crippen LogP contribution in [0.25, 0.3) is 16.9 Å². The van der Waals surface area contributed by atoms with E-state index in [0.717, 1.165) is 11.4 Å². The van der Waals surface area contributed by atoms with Crippen LogP contribution >= 0.6 is 0 Å². The second-order valence-corrected chi connectivity index (χ2v) is 4.37. The van der Waals surface area contributed by atoms with Gasteiger partial charge in [-0.25, -0.2) is 14.8 Å². The lowest BCUT2D eigenvalue weighted by Gasteiger charge is -2.05. The molecule has 3 rings (SSSR count). The van der Waals surface area contributed by atoms with Gasteiger partial charge in [-0.3, -0.25) is 4.57 Å². The minimum atomic E-state index is -0.427.